The van der Waals surface area contributed by atoms with Crippen molar-refractivity contribution in [3.63, 3.8) is 0 Å². The lowest BCUT2D eigenvalue weighted by Gasteiger charge is -2.22. The van der Waals surface area contributed by atoms with E-state index in [9.17, 15) is 15.2 Å². The number of rotatable bonds is 4. The number of aryl methyl sites for hydroxylation is 1. The zero-order valence-electron chi connectivity index (χ0n) is 15.4. The van der Waals surface area contributed by atoms with Crippen molar-refractivity contribution in [1.29, 1.82) is 5.26 Å². The highest BCUT2D eigenvalue weighted by Crippen LogP contribution is 2.29. The predicted octanol–water partition coefficient (Wildman–Crippen LogP) is 4.46. The average Bonchev–Trinajstić information content (AvgIpc) is 2.57. The molecule has 2 aromatic carbocycles. The van der Waals surface area contributed by atoms with Crippen molar-refractivity contribution in [2.45, 2.75) is 33.1 Å². The summed E-state index contributed by atoms with van der Waals surface area (Å²) in [6.45, 7) is 8.07. The number of para-hydroxylation sites is 1. The van der Waals surface area contributed by atoms with Gasteiger partial charge in [-0.3, -0.25) is 4.79 Å². The van der Waals surface area contributed by atoms with Gasteiger partial charge < -0.3 is 15.7 Å². The van der Waals surface area contributed by atoms with Crippen LogP contribution in [0.3, 0.4) is 0 Å². The summed E-state index contributed by atoms with van der Waals surface area (Å²) in [7, 11) is 0. The second-order valence-electron chi connectivity index (χ2n) is 7.06. The Balaban J connectivity index is 2.21. The maximum absolute atomic E-state index is 12.4. The zero-order chi connectivity index (χ0) is 19.3. The Kier molecular flexibility index (Phi) is 5.68. The molecule has 0 spiro atoms. The van der Waals surface area contributed by atoms with E-state index in [-0.39, 0.29) is 16.7 Å². The highest BCUT2D eigenvalue weighted by molar-refractivity contribution is 6.07. The number of carbonyl (C=O) groups is 1. The summed E-state index contributed by atoms with van der Waals surface area (Å²) in [6, 6.07) is 14.3. The molecule has 5 nitrogen and oxygen atoms in total. The minimum atomic E-state index is -0.512. The third-order valence-electron chi connectivity index (χ3n) is 3.93. The summed E-state index contributed by atoms with van der Waals surface area (Å²) in [5, 5.41) is 24.5. The number of aromatic hydroxyl groups is 1. The van der Waals surface area contributed by atoms with Crippen LogP contribution in [0.2, 0.25) is 0 Å². The van der Waals surface area contributed by atoms with E-state index in [0.717, 1.165) is 11.3 Å². The molecule has 1 amide bonds. The van der Waals surface area contributed by atoms with E-state index < -0.39 is 5.91 Å². The zero-order valence-corrected chi connectivity index (χ0v) is 15.4. The van der Waals surface area contributed by atoms with Crippen LogP contribution >= 0.6 is 0 Å². The van der Waals surface area contributed by atoms with Crippen molar-refractivity contribution in [2.24, 2.45) is 0 Å². The first-order chi connectivity index (χ1) is 12.2. The Morgan fingerprint density at radius 3 is 2.46 bits per heavy atom. The van der Waals surface area contributed by atoms with Gasteiger partial charge in [-0.25, -0.2) is 0 Å². The molecule has 26 heavy (non-hydrogen) atoms. The molecule has 0 heterocycles. The van der Waals surface area contributed by atoms with Gasteiger partial charge in [0.05, 0.1) is 0 Å². The van der Waals surface area contributed by atoms with Crippen LogP contribution in [0.25, 0.3) is 0 Å². The fourth-order valence-corrected chi connectivity index (χ4v) is 2.54. The molecule has 0 saturated carbocycles. The lowest BCUT2D eigenvalue weighted by molar-refractivity contribution is -0.112. The largest absolute Gasteiger partial charge is 0.508 e. The van der Waals surface area contributed by atoms with E-state index in [0.29, 0.717) is 11.3 Å². The van der Waals surface area contributed by atoms with Gasteiger partial charge in [0.25, 0.3) is 5.91 Å². The van der Waals surface area contributed by atoms with Crippen LogP contribution in [0, 0.1) is 18.3 Å². The number of hydrogen-bond acceptors (Lipinski definition) is 4. The van der Waals surface area contributed by atoms with E-state index in [2.05, 4.69) is 31.4 Å². The molecule has 3 N–H and O–H groups in total. The molecule has 0 unspecified atom stereocenters. The minimum Gasteiger partial charge on any atom is -0.508 e. The van der Waals surface area contributed by atoms with E-state index >= 15 is 0 Å². The number of nitrogens with zero attached hydrogens (tertiary/aromatic N) is 1. The van der Waals surface area contributed by atoms with Crippen molar-refractivity contribution in [3.05, 3.63) is 65.4 Å². The lowest BCUT2D eigenvalue weighted by Crippen LogP contribution is -2.16. The molecule has 2 aromatic rings. The third kappa shape index (κ3) is 4.64. The van der Waals surface area contributed by atoms with E-state index in [4.69, 9.17) is 0 Å². The summed E-state index contributed by atoms with van der Waals surface area (Å²) in [6.07, 6.45) is 1.41. The minimum absolute atomic E-state index is 0.0406. The fourth-order valence-electron chi connectivity index (χ4n) is 2.54. The summed E-state index contributed by atoms with van der Waals surface area (Å²) in [5.41, 5.74) is 3.08. The first-order valence-corrected chi connectivity index (χ1v) is 8.29. The fraction of sp³-hybridized carbons (Fsp3) is 0.238. The van der Waals surface area contributed by atoms with Gasteiger partial charge >= 0.3 is 0 Å². The first-order valence-electron chi connectivity index (χ1n) is 8.29. The molecule has 0 bridgehead atoms. The highest BCUT2D eigenvalue weighted by atomic mass is 16.3. The van der Waals surface area contributed by atoms with Gasteiger partial charge in [0.15, 0.2) is 0 Å². The molecule has 0 radical (unpaired) electrons. The molecule has 0 aliphatic rings. The second-order valence-corrected chi connectivity index (χ2v) is 7.06. The molecular weight excluding hydrogens is 326 g/mol. The Hall–Kier alpha value is -3.26. The SMILES string of the molecule is Cc1cc(O)ccc1NC(=O)/C(C#N)=C\Nc1ccccc1C(C)(C)C. The van der Waals surface area contributed by atoms with Crippen LogP contribution < -0.4 is 10.6 Å². The summed E-state index contributed by atoms with van der Waals surface area (Å²) >= 11 is 0. The Bertz CT molecular complexity index is 887. The molecule has 134 valence electrons. The average molecular weight is 349 g/mol. The van der Waals surface area contributed by atoms with Crippen LogP contribution in [0.15, 0.2) is 54.2 Å². The Morgan fingerprint density at radius 1 is 1.15 bits per heavy atom. The number of anilines is 2. The summed E-state index contributed by atoms with van der Waals surface area (Å²) in [4.78, 5) is 12.4. The van der Waals surface area contributed by atoms with Crippen molar-refractivity contribution in [3.8, 4) is 11.8 Å². The Labute approximate surface area is 154 Å². The van der Waals surface area contributed by atoms with Gasteiger partial charge in [-0.15, -0.1) is 0 Å². The second kappa shape index (κ2) is 7.75. The van der Waals surface area contributed by atoms with E-state index in [1.807, 2.05) is 30.3 Å². The quantitative estimate of drug-likeness (QED) is 0.432. The number of phenolic OH excluding ortho intramolecular Hbond substituents is 1. The molecular formula is C21H23N3O2. The van der Waals surface area contributed by atoms with Crippen molar-refractivity contribution in [2.75, 3.05) is 10.6 Å². The Morgan fingerprint density at radius 2 is 1.85 bits per heavy atom. The normalized spacial score (nSPS) is 11.6. The first kappa shape index (κ1) is 19.1. The molecule has 0 atom stereocenters. The van der Waals surface area contributed by atoms with Gasteiger partial charge in [-0.05, 0) is 47.7 Å². The van der Waals surface area contributed by atoms with Crippen LogP contribution in [0.1, 0.15) is 31.9 Å². The summed E-state index contributed by atoms with van der Waals surface area (Å²) < 4.78 is 0. The van der Waals surface area contributed by atoms with Crippen LogP contribution in [0.5, 0.6) is 5.75 Å². The number of benzene rings is 2. The number of nitrogens with one attached hydrogen (secondary N) is 2. The topological polar surface area (TPSA) is 85.2 Å². The molecule has 5 heteroatoms. The van der Waals surface area contributed by atoms with Crippen molar-refractivity contribution >= 4 is 17.3 Å². The van der Waals surface area contributed by atoms with E-state index in [1.165, 1.54) is 12.3 Å². The summed E-state index contributed by atoms with van der Waals surface area (Å²) in [5.74, 6) is -0.390. The maximum atomic E-state index is 12.4. The van der Waals surface area contributed by atoms with Crippen LogP contribution in [-0.4, -0.2) is 11.0 Å². The number of carbonyl (C=O) groups excluding carboxylic acids is 1. The monoisotopic (exact) mass is 349 g/mol. The number of phenols is 1. The van der Waals surface area contributed by atoms with Gasteiger partial charge in [0.1, 0.15) is 17.4 Å². The highest BCUT2D eigenvalue weighted by Gasteiger charge is 2.17. The lowest BCUT2D eigenvalue weighted by atomic mass is 9.86. The molecule has 0 aliphatic carbocycles. The van der Waals surface area contributed by atoms with Crippen molar-refractivity contribution < 1.29 is 9.90 Å². The number of hydrogen-bond donors (Lipinski definition) is 3. The van der Waals surface area contributed by atoms with Gasteiger partial charge in [0.2, 0.25) is 0 Å². The van der Waals surface area contributed by atoms with E-state index in [1.54, 1.807) is 19.1 Å². The molecule has 0 saturated heterocycles. The maximum Gasteiger partial charge on any atom is 0.267 e. The molecule has 2 rings (SSSR count). The van der Waals surface area contributed by atoms with Crippen LogP contribution in [0.4, 0.5) is 11.4 Å². The third-order valence-corrected chi connectivity index (χ3v) is 3.93. The predicted molar refractivity (Wildman–Crippen MR) is 104 cm³/mol. The van der Waals surface area contributed by atoms with Crippen molar-refractivity contribution in [1.82, 2.24) is 0 Å². The number of amides is 1. The molecule has 0 aliphatic heterocycles. The number of nitriles is 1. The molecule has 0 fully saturated rings. The smallest absolute Gasteiger partial charge is 0.267 e. The van der Waals surface area contributed by atoms with Crippen LogP contribution in [-0.2, 0) is 10.2 Å². The molecule has 0 aromatic heterocycles. The van der Waals surface area contributed by atoms with Gasteiger partial charge in [-0.1, -0.05) is 39.0 Å². The van der Waals surface area contributed by atoms with Gasteiger partial charge in [0, 0.05) is 17.6 Å². The standard InChI is InChI=1S/C21H23N3O2/c1-14-11-16(25)9-10-18(14)24-20(26)15(12-22)13-23-19-8-6-5-7-17(19)21(2,3)4/h5-11,13,23,25H,1-4H3,(H,24,26)/b15-13-. The van der Waals surface area contributed by atoms with Gasteiger partial charge in [-0.2, -0.15) is 5.26 Å².